The van der Waals surface area contributed by atoms with Crippen molar-refractivity contribution >= 4 is 5.97 Å². The normalized spacial score (nSPS) is 11.0. The van der Waals surface area contributed by atoms with Crippen LogP contribution in [0, 0.1) is 23.3 Å². The van der Waals surface area contributed by atoms with Crippen LogP contribution in [0.2, 0.25) is 0 Å². The van der Waals surface area contributed by atoms with Crippen LogP contribution in [-0.4, -0.2) is 5.97 Å². The zero-order chi connectivity index (χ0) is 27.2. The van der Waals surface area contributed by atoms with E-state index < -0.39 is 35.0 Å². The van der Waals surface area contributed by atoms with Gasteiger partial charge < -0.3 is 4.74 Å². The lowest BCUT2D eigenvalue weighted by atomic mass is 9.97. The van der Waals surface area contributed by atoms with Crippen LogP contribution in [0.1, 0.15) is 54.6 Å². The molecule has 0 amide bonds. The second-order valence-electron chi connectivity index (χ2n) is 9.16. The monoisotopic (exact) mass is 520 g/mol. The molecule has 0 aliphatic carbocycles. The van der Waals surface area contributed by atoms with Crippen molar-refractivity contribution in [3.8, 4) is 28.0 Å². The van der Waals surface area contributed by atoms with Crippen molar-refractivity contribution in [2.75, 3.05) is 0 Å². The summed E-state index contributed by atoms with van der Waals surface area (Å²) in [6.45, 7) is 4.02. The van der Waals surface area contributed by atoms with Crippen LogP contribution in [0.15, 0.2) is 72.8 Å². The maximum absolute atomic E-state index is 15.0. The summed E-state index contributed by atoms with van der Waals surface area (Å²) in [5, 5.41) is 0. The molecule has 0 saturated heterocycles. The van der Waals surface area contributed by atoms with E-state index >= 15 is 4.39 Å². The summed E-state index contributed by atoms with van der Waals surface area (Å²) in [4.78, 5) is 12.5. The van der Waals surface area contributed by atoms with Crippen molar-refractivity contribution in [3.05, 3.63) is 113 Å². The second-order valence-corrected chi connectivity index (χ2v) is 9.16. The zero-order valence-electron chi connectivity index (χ0n) is 21.3. The number of carbonyl (C=O) groups is 1. The van der Waals surface area contributed by atoms with E-state index in [0.717, 1.165) is 24.8 Å². The first-order chi connectivity index (χ1) is 18.3. The number of rotatable bonds is 9. The highest BCUT2D eigenvalue weighted by atomic mass is 19.2. The van der Waals surface area contributed by atoms with Gasteiger partial charge in [-0.2, -0.15) is 4.39 Å². The van der Waals surface area contributed by atoms with Gasteiger partial charge in [-0.05, 0) is 59.7 Å². The van der Waals surface area contributed by atoms with E-state index in [9.17, 15) is 18.0 Å². The summed E-state index contributed by atoms with van der Waals surface area (Å²) in [5.41, 5.74) is 2.52. The van der Waals surface area contributed by atoms with Crippen molar-refractivity contribution in [3.63, 3.8) is 0 Å². The molecular weight excluding hydrogens is 492 g/mol. The van der Waals surface area contributed by atoms with Crippen LogP contribution in [0.3, 0.4) is 0 Å². The van der Waals surface area contributed by atoms with Gasteiger partial charge in [-0.1, -0.05) is 81.3 Å². The topological polar surface area (TPSA) is 26.3 Å². The molecule has 0 fully saturated rings. The smallest absolute Gasteiger partial charge is 0.343 e. The summed E-state index contributed by atoms with van der Waals surface area (Å²) < 4.78 is 63.8. The Kier molecular flexibility index (Phi) is 8.62. The molecule has 0 aliphatic rings. The summed E-state index contributed by atoms with van der Waals surface area (Å²) in [6, 6.07) is 18.6. The second kappa shape index (κ2) is 12.1. The lowest BCUT2D eigenvalue weighted by molar-refractivity contribution is 0.0726. The summed E-state index contributed by atoms with van der Waals surface area (Å²) in [6.07, 6.45) is 3.84. The van der Waals surface area contributed by atoms with Gasteiger partial charge in [-0.25, -0.2) is 18.0 Å². The molecule has 0 bridgehead atoms. The molecule has 0 heterocycles. The van der Waals surface area contributed by atoms with Crippen molar-refractivity contribution < 1.29 is 27.1 Å². The highest BCUT2D eigenvalue weighted by Gasteiger charge is 2.19. The van der Waals surface area contributed by atoms with Crippen molar-refractivity contribution in [2.45, 2.75) is 46.0 Å². The summed E-state index contributed by atoms with van der Waals surface area (Å²) in [7, 11) is 0. The largest absolute Gasteiger partial charge is 0.420 e. The van der Waals surface area contributed by atoms with Gasteiger partial charge in [0.2, 0.25) is 5.82 Å². The Labute approximate surface area is 219 Å². The third kappa shape index (κ3) is 5.80. The predicted molar refractivity (Wildman–Crippen MR) is 141 cm³/mol. The molecule has 4 aromatic rings. The number of benzene rings is 4. The highest BCUT2D eigenvalue weighted by molar-refractivity contribution is 5.91. The minimum atomic E-state index is -1.22. The first-order valence-electron chi connectivity index (χ1n) is 12.7. The molecule has 0 N–H and O–H groups in total. The Morgan fingerprint density at radius 2 is 1.21 bits per heavy atom. The fraction of sp³-hybridized carbons (Fsp3) is 0.219. The number of esters is 1. The third-order valence-corrected chi connectivity index (χ3v) is 6.45. The van der Waals surface area contributed by atoms with Crippen LogP contribution in [0.4, 0.5) is 17.6 Å². The third-order valence-electron chi connectivity index (χ3n) is 6.45. The predicted octanol–water partition coefficient (Wildman–Crippen LogP) is 9.09. The van der Waals surface area contributed by atoms with E-state index in [1.807, 2.05) is 19.1 Å². The fourth-order valence-corrected chi connectivity index (χ4v) is 4.29. The zero-order valence-corrected chi connectivity index (χ0v) is 21.3. The minimum absolute atomic E-state index is 0.0320. The van der Waals surface area contributed by atoms with E-state index in [1.54, 1.807) is 12.1 Å². The van der Waals surface area contributed by atoms with E-state index in [4.69, 9.17) is 4.74 Å². The van der Waals surface area contributed by atoms with Gasteiger partial charge in [0.15, 0.2) is 23.2 Å². The number of ether oxygens (including phenoxy) is 1. The Hall–Kier alpha value is -3.93. The molecule has 4 rings (SSSR count). The number of carbonyl (C=O) groups excluding carboxylic acids is 1. The Morgan fingerprint density at radius 1 is 0.632 bits per heavy atom. The highest BCUT2D eigenvalue weighted by Crippen LogP contribution is 2.32. The lowest BCUT2D eigenvalue weighted by Crippen LogP contribution is -2.10. The number of unbranched alkanes of at least 4 members (excludes halogenated alkanes) is 1. The van der Waals surface area contributed by atoms with Crippen LogP contribution in [-0.2, 0) is 12.8 Å². The van der Waals surface area contributed by atoms with Gasteiger partial charge in [0.05, 0.1) is 5.56 Å². The van der Waals surface area contributed by atoms with Crippen molar-refractivity contribution in [2.24, 2.45) is 0 Å². The Bertz CT molecular complexity index is 1430. The van der Waals surface area contributed by atoms with E-state index in [1.165, 1.54) is 48.5 Å². The molecule has 0 atom stereocenters. The van der Waals surface area contributed by atoms with Gasteiger partial charge in [0.1, 0.15) is 0 Å². The average Bonchev–Trinajstić information content (AvgIpc) is 2.93. The van der Waals surface area contributed by atoms with Crippen LogP contribution >= 0.6 is 0 Å². The molecule has 0 spiro atoms. The van der Waals surface area contributed by atoms with E-state index in [-0.39, 0.29) is 22.3 Å². The standard InChI is InChI=1S/C32H28F4O2/c1-3-5-7-23-16-19-27(31(36)28(23)33)38-32(37)24-14-12-22(13-15-24)26-18-17-25(29(34)30(26)35)21-10-8-20(6-4-2)9-11-21/h8-19H,3-7H2,1-2H3. The molecule has 38 heavy (non-hydrogen) atoms. The van der Waals surface area contributed by atoms with E-state index in [2.05, 4.69) is 6.92 Å². The SMILES string of the molecule is CCCCc1ccc(OC(=O)c2ccc(-c3ccc(-c4ccc(CCC)cc4)c(F)c3F)cc2)c(F)c1F. The molecule has 0 unspecified atom stereocenters. The van der Waals surface area contributed by atoms with Crippen molar-refractivity contribution in [1.82, 2.24) is 0 Å². The first kappa shape index (κ1) is 27.1. The van der Waals surface area contributed by atoms with Gasteiger partial charge >= 0.3 is 5.97 Å². The molecule has 6 heteroatoms. The number of hydrogen-bond acceptors (Lipinski definition) is 2. The maximum atomic E-state index is 15.0. The Morgan fingerprint density at radius 3 is 1.76 bits per heavy atom. The van der Waals surface area contributed by atoms with Gasteiger partial charge in [0, 0.05) is 11.1 Å². The molecule has 196 valence electrons. The molecule has 2 nitrogen and oxygen atoms in total. The van der Waals surface area contributed by atoms with Crippen LogP contribution < -0.4 is 4.74 Å². The molecule has 4 aromatic carbocycles. The summed E-state index contributed by atoms with van der Waals surface area (Å²) >= 11 is 0. The first-order valence-corrected chi connectivity index (χ1v) is 12.7. The van der Waals surface area contributed by atoms with Gasteiger partial charge in [-0.3, -0.25) is 0 Å². The molecular formula is C32H28F4O2. The fourth-order valence-electron chi connectivity index (χ4n) is 4.29. The molecule has 0 saturated carbocycles. The number of aryl methyl sites for hydroxylation is 2. The van der Waals surface area contributed by atoms with Gasteiger partial charge in [0.25, 0.3) is 0 Å². The van der Waals surface area contributed by atoms with Crippen LogP contribution in [0.25, 0.3) is 22.3 Å². The maximum Gasteiger partial charge on any atom is 0.343 e. The quantitative estimate of drug-likeness (QED) is 0.125. The molecule has 0 aromatic heterocycles. The lowest BCUT2D eigenvalue weighted by Gasteiger charge is -2.11. The number of hydrogen-bond donors (Lipinski definition) is 0. The minimum Gasteiger partial charge on any atom is -0.420 e. The number of halogens is 4. The van der Waals surface area contributed by atoms with Crippen molar-refractivity contribution in [1.29, 1.82) is 0 Å². The molecule has 0 radical (unpaired) electrons. The summed E-state index contributed by atoms with van der Waals surface area (Å²) in [5.74, 6) is -5.63. The Balaban J connectivity index is 1.51. The average molecular weight is 521 g/mol. The molecule has 0 aliphatic heterocycles. The van der Waals surface area contributed by atoms with Gasteiger partial charge in [-0.15, -0.1) is 0 Å². The van der Waals surface area contributed by atoms with E-state index in [0.29, 0.717) is 24.0 Å². The van der Waals surface area contributed by atoms with Crippen LogP contribution in [0.5, 0.6) is 5.75 Å².